The van der Waals surface area contributed by atoms with Crippen molar-refractivity contribution in [1.29, 1.82) is 0 Å². The van der Waals surface area contributed by atoms with Crippen LogP contribution in [0.15, 0.2) is 65.1 Å². The Morgan fingerprint density at radius 2 is 1.93 bits per heavy atom. The van der Waals surface area contributed by atoms with Gasteiger partial charge in [-0.2, -0.15) is 0 Å². The number of hydrogen-bond acceptors (Lipinski definition) is 4. The molecule has 4 rings (SSSR count). The monoisotopic (exact) mass is 412 g/mol. The minimum Gasteiger partial charge on any atom is -0.497 e. The number of amides is 1. The molecular formula is C21H14Cl2N2O3. The Balaban J connectivity index is 1.63. The molecule has 0 aliphatic carbocycles. The molecule has 28 heavy (non-hydrogen) atoms. The number of carbonyl (C=O) groups excluding carboxylic acids is 1. The predicted molar refractivity (Wildman–Crippen MR) is 110 cm³/mol. The summed E-state index contributed by atoms with van der Waals surface area (Å²) in [7, 11) is 1.55. The summed E-state index contributed by atoms with van der Waals surface area (Å²) in [5.41, 5.74) is 2.86. The Bertz CT molecular complexity index is 1190. The average Bonchev–Trinajstić information content (AvgIpc) is 3.13. The van der Waals surface area contributed by atoms with E-state index in [1.54, 1.807) is 67.8 Å². The van der Waals surface area contributed by atoms with Gasteiger partial charge >= 0.3 is 0 Å². The summed E-state index contributed by atoms with van der Waals surface area (Å²) >= 11 is 12.3. The van der Waals surface area contributed by atoms with E-state index < -0.39 is 0 Å². The number of anilines is 1. The molecule has 7 heteroatoms. The number of oxazole rings is 1. The molecule has 0 fully saturated rings. The molecule has 1 aromatic heterocycles. The lowest BCUT2D eigenvalue weighted by Crippen LogP contribution is -2.11. The van der Waals surface area contributed by atoms with Crippen molar-refractivity contribution < 1.29 is 13.9 Å². The Kier molecular flexibility index (Phi) is 4.94. The van der Waals surface area contributed by atoms with E-state index in [1.165, 1.54) is 0 Å². The number of halogens is 2. The Hall–Kier alpha value is -3.02. The molecular weight excluding hydrogens is 399 g/mol. The fourth-order valence-corrected chi connectivity index (χ4v) is 3.12. The number of rotatable bonds is 4. The van der Waals surface area contributed by atoms with Gasteiger partial charge in [-0.3, -0.25) is 4.79 Å². The molecule has 1 amide bonds. The molecule has 0 radical (unpaired) electrons. The highest BCUT2D eigenvalue weighted by Gasteiger charge is 2.14. The number of nitrogens with zero attached hydrogens (tertiary/aromatic N) is 1. The number of hydrogen-bond donors (Lipinski definition) is 1. The van der Waals surface area contributed by atoms with Gasteiger partial charge in [-0.05, 0) is 54.6 Å². The largest absolute Gasteiger partial charge is 0.497 e. The fraction of sp³-hybridized carbons (Fsp3) is 0.0476. The van der Waals surface area contributed by atoms with Crippen molar-refractivity contribution in [1.82, 2.24) is 4.98 Å². The van der Waals surface area contributed by atoms with E-state index in [0.29, 0.717) is 49.6 Å². The standard InChI is InChI=1S/C21H14Cl2N2O3/c1-27-15-4-2-3-12(9-15)20(26)24-14-6-8-19-18(11-14)25-21(28-19)16-10-13(22)5-7-17(16)23/h2-11H,1H3,(H,24,26). The smallest absolute Gasteiger partial charge is 0.255 e. The van der Waals surface area contributed by atoms with E-state index in [0.717, 1.165) is 0 Å². The van der Waals surface area contributed by atoms with Crippen molar-refractivity contribution in [3.8, 4) is 17.2 Å². The predicted octanol–water partition coefficient (Wildman–Crippen LogP) is 6.06. The van der Waals surface area contributed by atoms with Crippen LogP contribution in [0.3, 0.4) is 0 Å². The summed E-state index contributed by atoms with van der Waals surface area (Å²) in [6.07, 6.45) is 0. The minimum absolute atomic E-state index is 0.250. The van der Waals surface area contributed by atoms with Crippen molar-refractivity contribution in [2.24, 2.45) is 0 Å². The molecule has 3 aromatic carbocycles. The van der Waals surface area contributed by atoms with Crippen LogP contribution in [-0.4, -0.2) is 18.0 Å². The topological polar surface area (TPSA) is 64.4 Å². The highest BCUT2D eigenvalue weighted by Crippen LogP contribution is 2.32. The molecule has 0 saturated carbocycles. The highest BCUT2D eigenvalue weighted by molar-refractivity contribution is 6.35. The van der Waals surface area contributed by atoms with Crippen molar-refractivity contribution in [3.63, 3.8) is 0 Å². The molecule has 0 aliphatic heterocycles. The van der Waals surface area contributed by atoms with Gasteiger partial charge in [0.2, 0.25) is 5.89 Å². The van der Waals surface area contributed by atoms with Crippen LogP contribution in [0.5, 0.6) is 5.75 Å². The molecule has 0 bridgehead atoms. The van der Waals surface area contributed by atoms with E-state index in [1.807, 2.05) is 0 Å². The van der Waals surface area contributed by atoms with Crippen LogP contribution in [0.1, 0.15) is 10.4 Å². The average molecular weight is 413 g/mol. The van der Waals surface area contributed by atoms with Crippen LogP contribution in [0.4, 0.5) is 5.69 Å². The summed E-state index contributed by atoms with van der Waals surface area (Å²) in [5, 5.41) is 3.87. The molecule has 0 atom stereocenters. The number of methoxy groups -OCH3 is 1. The van der Waals surface area contributed by atoms with Gasteiger partial charge in [0.1, 0.15) is 11.3 Å². The molecule has 4 aromatic rings. The van der Waals surface area contributed by atoms with Crippen LogP contribution in [0.25, 0.3) is 22.6 Å². The maximum atomic E-state index is 12.5. The Labute approximate surface area is 170 Å². The number of ether oxygens (including phenoxy) is 1. The molecule has 0 aliphatic rings. The van der Waals surface area contributed by atoms with E-state index in [9.17, 15) is 4.79 Å². The zero-order chi connectivity index (χ0) is 19.7. The molecule has 140 valence electrons. The van der Waals surface area contributed by atoms with Crippen LogP contribution in [0.2, 0.25) is 10.0 Å². The van der Waals surface area contributed by atoms with Crippen LogP contribution in [0, 0.1) is 0 Å². The summed E-state index contributed by atoms with van der Waals surface area (Å²) in [4.78, 5) is 17.0. The first-order valence-corrected chi connectivity index (χ1v) is 9.10. The van der Waals surface area contributed by atoms with Gasteiger partial charge in [-0.1, -0.05) is 29.3 Å². The normalized spacial score (nSPS) is 10.8. The minimum atomic E-state index is -0.250. The van der Waals surface area contributed by atoms with Gasteiger partial charge in [0.05, 0.1) is 17.7 Å². The number of benzene rings is 3. The molecule has 0 spiro atoms. The van der Waals surface area contributed by atoms with Crippen LogP contribution >= 0.6 is 23.2 Å². The summed E-state index contributed by atoms with van der Waals surface area (Å²) in [5.74, 6) is 0.723. The van der Waals surface area contributed by atoms with Gasteiger partial charge in [0, 0.05) is 16.3 Å². The van der Waals surface area contributed by atoms with E-state index in [-0.39, 0.29) is 5.91 Å². The van der Waals surface area contributed by atoms with Crippen molar-refractivity contribution in [2.75, 3.05) is 12.4 Å². The number of aromatic nitrogens is 1. The van der Waals surface area contributed by atoms with Crippen LogP contribution in [-0.2, 0) is 0 Å². The lowest BCUT2D eigenvalue weighted by molar-refractivity contribution is 0.102. The molecule has 1 N–H and O–H groups in total. The summed E-state index contributed by atoms with van der Waals surface area (Å²) in [6, 6.07) is 17.2. The molecule has 1 heterocycles. The first kappa shape index (κ1) is 18.3. The maximum Gasteiger partial charge on any atom is 0.255 e. The van der Waals surface area contributed by atoms with Crippen molar-refractivity contribution in [3.05, 3.63) is 76.3 Å². The summed E-state index contributed by atoms with van der Waals surface area (Å²) in [6.45, 7) is 0. The zero-order valence-corrected chi connectivity index (χ0v) is 16.2. The highest BCUT2D eigenvalue weighted by atomic mass is 35.5. The Morgan fingerprint density at radius 3 is 2.75 bits per heavy atom. The second-order valence-corrected chi connectivity index (χ2v) is 6.86. The quantitative estimate of drug-likeness (QED) is 0.442. The SMILES string of the molecule is COc1cccc(C(=O)Nc2ccc3oc(-c4cc(Cl)ccc4Cl)nc3c2)c1. The third kappa shape index (κ3) is 3.67. The van der Waals surface area contributed by atoms with E-state index >= 15 is 0 Å². The van der Waals surface area contributed by atoms with Gasteiger partial charge in [0.15, 0.2) is 5.58 Å². The fourth-order valence-electron chi connectivity index (χ4n) is 2.75. The first-order valence-electron chi connectivity index (χ1n) is 8.35. The van der Waals surface area contributed by atoms with Gasteiger partial charge in [0.25, 0.3) is 5.91 Å². The second-order valence-electron chi connectivity index (χ2n) is 6.01. The molecule has 0 saturated heterocycles. The van der Waals surface area contributed by atoms with Crippen molar-refractivity contribution >= 4 is 45.9 Å². The zero-order valence-electron chi connectivity index (χ0n) is 14.7. The lowest BCUT2D eigenvalue weighted by Gasteiger charge is -2.06. The Morgan fingerprint density at radius 1 is 1.07 bits per heavy atom. The first-order chi connectivity index (χ1) is 13.5. The van der Waals surface area contributed by atoms with E-state index in [4.69, 9.17) is 32.4 Å². The summed E-state index contributed by atoms with van der Waals surface area (Å²) < 4.78 is 10.9. The number of nitrogens with one attached hydrogen (secondary N) is 1. The number of carbonyl (C=O) groups is 1. The molecule has 5 nitrogen and oxygen atoms in total. The second kappa shape index (κ2) is 7.54. The van der Waals surface area contributed by atoms with Gasteiger partial charge in [-0.15, -0.1) is 0 Å². The van der Waals surface area contributed by atoms with Crippen molar-refractivity contribution in [2.45, 2.75) is 0 Å². The third-order valence-corrected chi connectivity index (χ3v) is 4.70. The van der Waals surface area contributed by atoms with Gasteiger partial charge in [-0.25, -0.2) is 4.98 Å². The maximum absolute atomic E-state index is 12.5. The lowest BCUT2D eigenvalue weighted by atomic mass is 10.2. The van der Waals surface area contributed by atoms with Crippen LogP contribution < -0.4 is 10.1 Å². The molecule has 0 unspecified atom stereocenters. The third-order valence-electron chi connectivity index (χ3n) is 4.14. The number of fused-ring (bicyclic) bond motifs is 1. The van der Waals surface area contributed by atoms with Gasteiger partial charge < -0.3 is 14.5 Å². The van der Waals surface area contributed by atoms with E-state index in [2.05, 4.69) is 10.3 Å².